The van der Waals surface area contributed by atoms with Crippen molar-refractivity contribution in [2.75, 3.05) is 33.2 Å². The molecule has 0 saturated carbocycles. The highest BCUT2D eigenvalue weighted by atomic mass is 16.5. The molecule has 0 fully saturated rings. The molecular weight excluding hydrogens is 366 g/mol. The molecule has 0 radical (unpaired) electrons. The van der Waals surface area contributed by atoms with Gasteiger partial charge in [-0.2, -0.15) is 5.10 Å². The van der Waals surface area contributed by atoms with E-state index < -0.39 is 0 Å². The fraction of sp³-hybridized carbons (Fsp3) is 0.348. The van der Waals surface area contributed by atoms with Crippen LogP contribution in [-0.4, -0.2) is 37.7 Å². The van der Waals surface area contributed by atoms with Gasteiger partial charge in [-0.05, 0) is 36.1 Å². The van der Waals surface area contributed by atoms with Gasteiger partial charge in [-0.3, -0.25) is 0 Å². The largest absolute Gasteiger partial charge is 0.493 e. The molecule has 152 valence electrons. The molecule has 0 saturated heterocycles. The molecule has 2 heterocycles. The molecule has 1 N–H and O–H groups in total. The Labute approximate surface area is 171 Å². The zero-order chi connectivity index (χ0) is 20.5. The molecule has 1 aromatic heterocycles. The Kier molecular flexibility index (Phi) is 5.09. The topological polar surface area (TPSA) is 57.5 Å². The van der Waals surface area contributed by atoms with Crippen LogP contribution in [-0.2, 0) is 6.42 Å². The minimum atomic E-state index is 0.400. The molecule has 6 nitrogen and oxygen atoms in total. The van der Waals surface area contributed by atoms with E-state index in [9.17, 15) is 0 Å². The molecule has 6 heteroatoms. The van der Waals surface area contributed by atoms with Crippen LogP contribution in [0.4, 0.5) is 5.82 Å². The minimum Gasteiger partial charge on any atom is -0.493 e. The maximum absolute atomic E-state index is 5.55. The van der Waals surface area contributed by atoms with Crippen LogP contribution in [0.3, 0.4) is 0 Å². The van der Waals surface area contributed by atoms with Gasteiger partial charge in [0.15, 0.2) is 11.5 Å². The van der Waals surface area contributed by atoms with Gasteiger partial charge in [0.1, 0.15) is 5.82 Å². The van der Waals surface area contributed by atoms with E-state index in [-0.39, 0.29) is 0 Å². The quantitative estimate of drug-likeness (QED) is 0.660. The molecule has 1 aliphatic rings. The van der Waals surface area contributed by atoms with E-state index in [0.717, 1.165) is 35.7 Å². The number of methoxy groups -OCH3 is 3. The Morgan fingerprint density at radius 1 is 1.00 bits per heavy atom. The van der Waals surface area contributed by atoms with Crippen molar-refractivity contribution in [3.63, 3.8) is 0 Å². The Morgan fingerprint density at radius 3 is 2.31 bits per heavy atom. The first kappa shape index (κ1) is 19.2. The minimum absolute atomic E-state index is 0.400. The highest BCUT2D eigenvalue weighted by Crippen LogP contribution is 2.43. The van der Waals surface area contributed by atoms with Crippen molar-refractivity contribution in [1.29, 1.82) is 0 Å². The van der Waals surface area contributed by atoms with Gasteiger partial charge in [-0.25, -0.2) is 4.68 Å². The summed E-state index contributed by atoms with van der Waals surface area (Å²) in [7, 11) is 4.87. The summed E-state index contributed by atoms with van der Waals surface area (Å²) in [5.74, 6) is 3.29. The van der Waals surface area contributed by atoms with Crippen molar-refractivity contribution in [2.45, 2.75) is 26.2 Å². The van der Waals surface area contributed by atoms with Crippen LogP contribution in [0, 0.1) is 0 Å². The number of aromatic nitrogens is 2. The fourth-order valence-corrected chi connectivity index (χ4v) is 3.97. The monoisotopic (exact) mass is 393 g/mol. The van der Waals surface area contributed by atoms with Gasteiger partial charge in [0.25, 0.3) is 0 Å². The number of ether oxygens (including phenoxy) is 3. The van der Waals surface area contributed by atoms with Crippen LogP contribution < -0.4 is 19.5 Å². The van der Waals surface area contributed by atoms with E-state index in [2.05, 4.69) is 43.4 Å². The van der Waals surface area contributed by atoms with Crippen molar-refractivity contribution >= 4 is 5.82 Å². The standard InChI is InChI=1S/C23H27N3O3/c1-14(2)16-8-6-7-9-18(16)26-23-17(10-11-24-23)21(25-26)15-12-19(27-3)22(29-5)20(13-15)28-4/h6-9,12-14,24H,10-11H2,1-5H3. The molecule has 29 heavy (non-hydrogen) atoms. The smallest absolute Gasteiger partial charge is 0.203 e. The third kappa shape index (κ3) is 3.18. The van der Waals surface area contributed by atoms with Gasteiger partial charge >= 0.3 is 0 Å². The van der Waals surface area contributed by atoms with Gasteiger partial charge in [-0.15, -0.1) is 0 Å². The third-order valence-corrected chi connectivity index (χ3v) is 5.38. The number of rotatable bonds is 6. The Hall–Kier alpha value is -3.15. The Bertz CT molecular complexity index is 1010. The van der Waals surface area contributed by atoms with Gasteiger partial charge in [0.2, 0.25) is 5.75 Å². The van der Waals surface area contributed by atoms with E-state index in [0.29, 0.717) is 23.2 Å². The van der Waals surface area contributed by atoms with E-state index >= 15 is 0 Å². The van der Waals surface area contributed by atoms with Crippen molar-refractivity contribution in [2.24, 2.45) is 0 Å². The summed E-state index contributed by atoms with van der Waals surface area (Å²) in [4.78, 5) is 0. The number of anilines is 1. The van der Waals surface area contributed by atoms with Crippen LogP contribution >= 0.6 is 0 Å². The summed E-state index contributed by atoms with van der Waals surface area (Å²) in [6, 6.07) is 12.4. The van der Waals surface area contributed by atoms with E-state index in [1.807, 2.05) is 16.8 Å². The summed E-state index contributed by atoms with van der Waals surface area (Å²) in [5.41, 5.74) is 5.45. The van der Waals surface area contributed by atoms with Crippen molar-refractivity contribution < 1.29 is 14.2 Å². The zero-order valence-electron chi connectivity index (χ0n) is 17.6. The van der Waals surface area contributed by atoms with Crippen LogP contribution in [0.15, 0.2) is 36.4 Å². The number of nitrogens with one attached hydrogen (secondary N) is 1. The second kappa shape index (κ2) is 7.70. The van der Waals surface area contributed by atoms with Crippen molar-refractivity contribution in [3.8, 4) is 34.2 Å². The SMILES string of the molecule is COc1cc(-c2nn(-c3ccccc3C(C)C)c3c2CCN3)cc(OC)c1OC. The predicted octanol–water partition coefficient (Wildman–Crippen LogP) is 4.66. The van der Waals surface area contributed by atoms with Crippen LogP contribution in [0.25, 0.3) is 16.9 Å². The van der Waals surface area contributed by atoms with Crippen LogP contribution in [0.1, 0.15) is 30.9 Å². The number of fused-ring (bicyclic) bond motifs is 1. The van der Waals surface area contributed by atoms with Crippen molar-refractivity contribution in [1.82, 2.24) is 9.78 Å². The molecule has 0 amide bonds. The van der Waals surface area contributed by atoms with Crippen LogP contribution in [0.2, 0.25) is 0 Å². The number of para-hydroxylation sites is 1. The first-order valence-electron chi connectivity index (χ1n) is 9.84. The Morgan fingerprint density at radius 2 is 1.69 bits per heavy atom. The number of hydrogen-bond donors (Lipinski definition) is 1. The summed E-state index contributed by atoms with van der Waals surface area (Å²) in [6.07, 6.45) is 0.922. The second-order valence-electron chi connectivity index (χ2n) is 7.39. The molecule has 0 unspecified atom stereocenters. The number of hydrogen-bond acceptors (Lipinski definition) is 5. The summed E-state index contributed by atoms with van der Waals surface area (Å²) >= 11 is 0. The first-order chi connectivity index (χ1) is 14.1. The lowest BCUT2D eigenvalue weighted by atomic mass is 10.0. The highest BCUT2D eigenvalue weighted by molar-refractivity contribution is 5.76. The molecule has 0 aliphatic carbocycles. The maximum atomic E-state index is 5.55. The van der Waals surface area contributed by atoms with E-state index in [4.69, 9.17) is 19.3 Å². The highest BCUT2D eigenvalue weighted by Gasteiger charge is 2.26. The van der Waals surface area contributed by atoms with Crippen molar-refractivity contribution in [3.05, 3.63) is 47.5 Å². The maximum Gasteiger partial charge on any atom is 0.203 e. The molecule has 1 aliphatic heterocycles. The predicted molar refractivity (Wildman–Crippen MR) is 115 cm³/mol. The lowest BCUT2D eigenvalue weighted by Crippen LogP contribution is -2.07. The average molecular weight is 393 g/mol. The summed E-state index contributed by atoms with van der Waals surface area (Å²) in [6.45, 7) is 5.31. The normalized spacial score (nSPS) is 12.6. The van der Waals surface area contributed by atoms with E-state index in [1.165, 1.54) is 11.1 Å². The molecule has 2 aromatic carbocycles. The van der Waals surface area contributed by atoms with Gasteiger partial charge in [-0.1, -0.05) is 32.0 Å². The summed E-state index contributed by atoms with van der Waals surface area (Å²) in [5, 5.41) is 8.54. The molecule has 4 rings (SSSR count). The van der Waals surface area contributed by atoms with Crippen LogP contribution in [0.5, 0.6) is 17.2 Å². The van der Waals surface area contributed by atoms with Gasteiger partial charge < -0.3 is 19.5 Å². The van der Waals surface area contributed by atoms with Gasteiger partial charge in [0, 0.05) is 17.7 Å². The third-order valence-electron chi connectivity index (χ3n) is 5.38. The molecule has 0 bridgehead atoms. The van der Waals surface area contributed by atoms with Gasteiger partial charge in [0.05, 0.1) is 32.7 Å². The number of nitrogens with zero attached hydrogens (tertiary/aromatic N) is 2. The molecule has 3 aromatic rings. The lowest BCUT2D eigenvalue weighted by Gasteiger charge is -2.15. The average Bonchev–Trinajstić information content (AvgIpc) is 3.35. The summed E-state index contributed by atoms with van der Waals surface area (Å²) < 4.78 is 18.6. The molecule has 0 spiro atoms. The molecular formula is C23H27N3O3. The fourth-order valence-electron chi connectivity index (χ4n) is 3.97. The number of benzene rings is 2. The van der Waals surface area contributed by atoms with E-state index in [1.54, 1.807) is 21.3 Å². The Balaban J connectivity index is 1.92. The second-order valence-corrected chi connectivity index (χ2v) is 7.39. The first-order valence-corrected chi connectivity index (χ1v) is 9.84. The lowest BCUT2D eigenvalue weighted by molar-refractivity contribution is 0.324. The molecule has 0 atom stereocenters. The zero-order valence-corrected chi connectivity index (χ0v) is 17.6.